The van der Waals surface area contributed by atoms with E-state index in [0.717, 1.165) is 41.6 Å². The lowest BCUT2D eigenvalue weighted by atomic mass is 9.87. The van der Waals surface area contributed by atoms with Crippen molar-refractivity contribution >= 4 is 22.2 Å². The molecule has 1 amide bonds. The molecule has 4 nitrogen and oxygen atoms in total. The highest BCUT2D eigenvalue weighted by molar-refractivity contribution is 7.16. The Kier molecular flexibility index (Phi) is 6.92. The van der Waals surface area contributed by atoms with Crippen molar-refractivity contribution in [3.05, 3.63) is 75.6 Å². The molecule has 4 rings (SSSR count). The number of anilines is 1. The number of carbonyl (C=O) groups is 1. The molecule has 1 aromatic carbocycles. The van der Waals surface area contributed by atoms with E-state index in [9.17, 15) is 18.0 Å². The highest BCUT2D eigenvalue weighted by Gasteiger charge is 2.36. The van der Waals surface area contributed by atoms with Gasteiger partial charge in [-0.2, -0.15) is 13.2 Å². The van der Waals surface area contributed by atoms with Crippen molar-refractivity contribution in [2.24, 2.45) is 11.8 Å². The van der Waals surface area contributed by atoms with Gasteiger partial charge in [0.25, 0.3) is 5.91 Å². The Labute approximate surface area is 201 Å². The first-order valence-electron chi connectivity index (χ1n) is 11.4. The number of amides is 1. The van der Waals surface area contributed by atoms with E-state index in [2.05, 4.69) is 24.1 Å². The van der Waals surface area contributed by atoms with Gasteiger partial charge in [-0.3, -0.25) is 9.69 Å². The van der Waals surface area contributed by atoms with E-state index in [1.807, 2.05) is 13.8 Å². The van der Waals surface area contributed by atoms with E-state index < -0.39 is 17.8 Å². The van der Waals surface area contributed by atoms with Gasteiger partial charge in [0.05, 0.1) is 17.9 Å². The molecule has 1 aliphatic heterocycles. The number of alkyl halides is 3. The molecule has 182 valence electrons. The zero-order valence-corrected chi connectivity index (χ0v) is 20.5. The number of likely N-dealkylation sites (tertiary alicyclic amines) is 1. The first-order valence-corrected chi connectivity index (χ1v) is 12.2. The number of nitrogens with zero attached hydrogens (tertiary/aromatic N) is 1. The Balaban J connectivity index is 1.84. The number of furan rings is 1. The number of rotatable bonds is 5. The minimum atomic E-state index is -4.43. The van der Waals surface area contributed by atoms with Gasteiger partial charge in [0.2, 0.25) is 0 Å². The van der Waals surface area contributed by atoms with E-state index in [0.29, 0.717) is 22.4 Å². The molecule has 1 aliphatic rings. The van der Waals surface area contributed by atoms with Crippen LogP contribution in [0, 0.1) is 25.7 Å². The van der Waals surface area contributed by atoms with Crippen LogP contribution in [0.25, 0.3) is 0 Å². The van der Waals surface area contributed by atoms with E-state index in [1.165, 1.54) is 29.7 Å². The van der Waals surface area contributed by atoms with E-state index in [-0.39, 0.29) is 11.7 Å². The summed E-state index contributed by atoms with van der Waals surface area (Å²) in [5, 5.41) is 3.61. The summed E-state index contributed by atoms with van der Waals surface area (Å²) in [6.07, 6.45) is -1.92. The smallest absolute Gasteiger partial charge is 0.416 e. The molecule has 3 aromatic rings. The summed E-state index contributed by atoms with van der Waals surface area (Å²) in [6.45, 7) is 9.84. The molecule has 1 fully saturated rings. The maximum absolute atomic E-state index is 13.6. The predicted molar refractivity (Wildman–Crippen MR) is 128 cm³/mol. The second-order valence-corrected chi connectivity index (χ2v) is 10.6. The largest absolute Gasteiger partial charge is 0.459 e. The van der Waals surface area contributed by atoms with Crippen molar-refractivity contribution in [2.75, 3.05) is 18.4 Å². The molecule has 0 unspecified atom stereocenters. The van der Waals surface area contributed by atoms with Crippen LogP contribution < -0.4 is 5.32 Å². The van der Waals surface area contributed by atoms with Crippen molar-refractivity contribution < 1.29 is 22.4 Å². The fraction of sp³-hybridized carbons (Fsp3) is 0.423. The van der Waals surface area contributed by atoms with Gasteiger partial charge in [-0.1, -0.05) is 26.0 Å². The number of thiophene rings is 1. The summed E-state index contributed by atoms with van der Waals surface area (Å²) >= 11 is 1.44. The lowest BCUT2D eigenvalue weighted by Gasteiger charge is -2.41. The van der Waals surface area contributed by atoms with Crippen LogP contribution in [0.3, 0.4) is 0 Å². The highest BCUT2D eigenvalue weighted by atomic mass is 32.1. The fourth-order valence-electron chi connectivity index (χ4n) is 5.01. The third-order valence-electron chi connectivity index (χ3n) is 6.47. The lowest BCUT2D eigenvalue weighted by molar-refractivity contribution is -0.137. The van der Waals surface area contributed by atoms with Crippen molar-refractivity contribution in [1.82, 2.24) is 4.90 Å². The van der Waals surface area contributed by atoms with Gasteiger partial charge in [0.15, 0.2) is 5.76 Å². The molecule has 0 aliphatic carbocycles. The second kappa shape index (κ2) is 9.58. The highest BCUT2D eigenvalue weighted by Crippen LogP contribution is 2.45. The first-order chi connectivity index (χ1) is 16.0. The maximum atomic E-state index is 13.6. The number of hydrogen-bond acceptors (Lipinski definition) is 4. The molecular formula is C26H29F3N2O2S. The van der Waals surface area contributed by atoms with Gasteiger partial charge in [0, 0.05) is 23.5 Å². The van der Waals surface area contributed by atoms with Crippen LogP contribution in [-0.2, 0) is 6.18 Å². The van der Waals surface area contributed by atoms with Crippen molar-refractivity contribution in [1.29, 1.82) is 0 Å². The zero-order valence-electron chi connectivity index (χ0n) is 19.7. The molecular weight excluding hydrogens is 461 g/mol. The lowest BCUT2D eigenvalue weighted by Crippen LogP contribution is -2.41. The molecule has 0 bridgehead atoms. The van der Waals surface area contributed by atoms with Crippen LogP contribution in [0.15, 0.2) is 47.1 Å². The van der Waals surface area contributed by atoms with E-state index >= 15 is 0 Å². The summed E-state index contributed by atoms with van der Waals surface area (Å²) in [4.78, 5) is 16.1. The average molecular weight is 491 g/mol. The van der Waals surface area contributed by atoms with Crippen LogP contribution in [-0.4, -0.2) is 23.9 Å². The second-order valence-electron chi connectivity index (χ2n) is 9.38. The third kappa shape index (κ3) is 5.08. The number of halogens is 3. The topological polar surface area (TPSA) is 45.5 Å². The Hall–Kier alpha value is -2.58. The summed E-state index contributed by atoms with van der Waals surface area (Å²) in [7, 11) is 0. The third-order valence-corrected chi connectivity index (χ3v) is 7.61. The molecule has 0 radical (unpaired) electrons. The van der Waals surface area contributed by atoms with Crippen molar-refractivity contribution in [2.45, 2.75) is 46.3 Å². The van der Waals surface area contributed by atoms with Crippen LogP contribution in [0.5, 0.6) is 0 Å². The van der Waals surface area contributed by atoms with Crippen molar-refractivity contribution in [3.63, 3.8) is 0 Å². The fourth-order valence-corrected chi connectivity index (χ4v) is 6.09. The van der Waals surface area contributed by atoms with Crippen LogP contribution in [0.2, 0.25) is 0 Å². The molecule has 34 heavy (non-hydrogen) atoms. The average Bonchev–Trinajstić information content (AvgIpc) is 3.38. The number of nitrogens with one attached hydrogen (secondary N) is 1. The van der Waals surface area contributed by atoms with Crippen molar-refractivity contribution in [3.8, 4) is 0 Å². The number of aryl methyl sites for hydroxylation is 1. The SMILES string of the molecule is Cc1sc(NC(=O)c2ccco2)c([C@H](c2cccc(C(F)(F)F)c2)N2C[C@@H](C)C[C@H](C)C2)c1C. The summed E-state index contributed by atoms with van der Waals surface area (Å²) < 4.78 is 46.1. The number of benzene rings is 1. The molecule has 3 atom stereocenters. The number of carbonyl (C=O) groups excluding carboxylic acids is 1. The quantitative estimate of drug-likeness (QED) is 0.408. The monoisotopic (exact) mass is 490 g/mol. The van der Waals surface area contributed by atoms with E-state index in [4.69, 9.17) is 4.42 Å². The van der Waals surface area contributed by atoms with Gasteiger partial charge in [0.1, 0.15) is 5.00 Å². The first kappa shape index (κ1) is 24.5. The molecule has 1 saturated heterocycles. The zero-order chi connectivity index (χ0) is 24.6. The van der Waals surface area contributed by atoms with Crippen LogP contribution in [0.1, 0.15) is 64.0 Å². The minimum Gasteiger partial charge on any atom is -0.459 e. The predicted octanol–water partition coefficient (Wildman–Crippen LogP) is 7.30. The summed E-state index contributed by atoms with van der Waals surface area (Å²) in [5.74, 6) is 0.637. The van der Waals surface area contributed by atoms with E-state index in [1.54, 1.807) is 18.2 Å². The van der Waals surface area contributed by atoms with Gasteiger partial charge >= 0.3 is 6.18 Å². The Morgan fingerprint density at radius 1 is 1.15 bits per heavy atom. The molecule has 2 aromatic heterocycles. The molecule has 1 N–H and O–H groups in total. The molecule has 0 saturated carbocycles. The standard InChI is InChI=1S/C26H29F3N2O2S/c1-15-11-16(2)14-31(13-15)23(19-7-5-8-20(12-19)26(27,28)29)22-17(3)18(4)34-25(22)30-24(32)21-9-6-10-33-21/h5-10,12,15-16,23H,11,13-14H2,1-4H3,(H,30,32)/t15-,16-,23-/m0/s1. The van der Waals surface area contributed by atoms with Gasteiger partial charge in [-0.15, -0.1) is 11.3 Å². The van der Waals surface area contributed by atoms with Gasteiger partial charge < -0.3 is 9.73 Å². The summed E-state index contributed by atoms with van der Waals surface area (Å²) in [5.41, 5.74) is 1.74. The van der Waals surface area contributed by atoms with Crippen LogP contribution in [0.4, 0.5) is 18.2 Å². The van der Waals surface area contributed by atoms with Gasteiger partial charge in [-0.05, 0) is 67.5 Å². The molecule has 3 heterocycles. The van der Waals surface area contributed by atoms with Crippen LogP contribution >= 0.6 is 11.3 Å². The minimum absolute atomic E-state index is 0.186. The summed E-state index contributed by atoms with van der Waals surface area (Å²) in [6, 6.07) is 8.39. The molecule has 0 spiro atoms. The van der Waals surface area contributed by atoms with Gasteiger partial charge in [-0.25, -0.2) is 0 Å². The normalized spacial score (nSPS) is 20.3. The Morgan fingerprint density at radius 2 is 1.85 bits per heavy atom. The Bertz CT molecular complexity index is 1140. The Morgan fingerprint density at radius 3 is 2.47 bits per heavy atom. The number of hydrogen-bond donors (Lipinski definition) is 1. The maximum Gasteiger partial charge on any atom is 0.416 e. The number of piperidine rings is 1. The molecule has 8 heteroatoms.